The molecular weight excluding hydrogens is 611 g/mol. The van der Waals surface area contributed by atoms with Crippen LogP contribution in [0.2, 0.25) is 0 Å². The average Bonchev–Trinajstić information content (AvgIpc) is 3.46. The Morgan fingerprint density at radius 3 is 1.85 bits per heavy atom. The number of rotatable bonds is 4. The molecule has 48 heavy (non-hydrogen) atoms. The normalized spacial score (nSPS) is 13.6. The summed E-state index contributed by atoms with van der Waals surface area (Å²) in [6.07, 6.45) is 0. The van der Waals surface area contributed by atoms with Gasteiger partial charge in [0.05, 0.1) is 22.9 Å². The average molecular weight is 640 g/mol. The third kappa shape index (κ3) is 5.00. The van der Waals surface area contributed by atoms with Crippen LogP contribution in [0.25, 0.3) is 77.8 Å². The summed E-state index contributed by atoms with van der Waals surface area (Å²) in [7, 11) is -3.41. The molecule has 230 valence electrons. The zero-order valence-electron chi connectivity index (χ0n) is 25.9. The molecule has 0 bridgehead atoms. The minimum atomic E-state index is -3.41. The van der Waals surface area contributed by atoms with Crippen LogP contribution in [0.1, 0.15) is 11.1 Å². The molecular formula is C43H29NO3S. The quantitative estimate of drug-likeness (QED) is 0.192. The van der Waals surface area contributed by atoms with E-state index in [-0.39, 0.29) is 11.5 Å². The lowest BCUT2D eigenvalue weighted by molar-refractivity contribution is 0.595. The lowest BCUT2D eigenvalue weighted by atomic mass is 9.90. The zero-order valence-corrected chi connectivity index (χ0v) is 26.7. The van der Waals surface area contributed by atoms with Gasteiger partial charge < -0.3 is 4.42 Å². The summed E-state index contributed by atoms with van der Waals surface area (Å²) in [5, 5.41) is 2.12. The first-order valence-electron chi connectivity index (χ1n) is 16.0. The van der Waals surface area contributed by atoms with Crippen molar-refractivity contribution in [2.45, 2.75) is 11.5 Å². The van der Waals surface area contributed by atoms with Gasteiger partial charge in [0.25, 0.3) is 0 Å². The van der Waals surface area contributed by atoms with Gasteiger partial charge in [-0.25, -0.2) is 13.4 Å². The fourth-order valence-corrected chi connectivity index (χ4v) is 8.57. The second kappa shape index (κ2) is 11.2. The molecule has 0 amide bonds. The van der Waals surface area contributed by atoms with Crippen molar-refractivity contribution in [3.8, 4) is 55.9 Å². The number of fused-ring (bicyclic) bond motifs is 6. The molecule has 0 spiro atoms. The van der Waals surface area contributed by atoms with Crippen molar-refractivity contribution < 1.29 is 12.8 Å². The first kappa shape index (κ1) is 28.4. The Bertz CT molecular complexity index is 2570. The number of para-hydroxylation sites is 1. The number of pyridine rings is 1. The minimum absolute atomic E-state index is 0.00294. The SMILES string of the molecule is O=S1(=O)Cc2cc(-c3cc(-c4ccccc4)nc(-c4ccccc4)c3)ccc2-c2cc(-c3cccc4oc5ccccc5c34)ccc2C1. The summed E-state index contributed by atoms with van der Waals surface area (Å²) in [5.41, 5.74) is 13.0. The van der Waals surface area contributed by atoms with Gasteiger partial charge in [-0.3, -0.25) is 0 Å². The summed E-state index contributed by atoms with van der Waals surface area (Å²) in [4.78, 5) is 5.03. The third-order valence-electron chi connectivity index (χ3n) is 9.27. The Morgan fingerprint density at radius 1 is 0.458 bits per heavy atom. The lowest BCUT2D eigenvalue weighted by Gasteiger charge is -2.14. The number of benzene rings is 6. The molecule has 0 N–H and O–H groups in total. The second-order valence-electron chi connectivity index (χ2n) is 12.4. The molecule has 4 nitrogen and oxygen atoms in total. The maximum Gasteiger partial charge on any atom is 0.158 e. The summed E-state index contributed by atoms with van der Waals surface area (Å²) in [5.74, 6) is -0.0264. The number of hydrogen-bond acceptors (Lipinski definition) is 4. The number of nitrogens with zero attached hydrogens (tertiary/aromatic N) is 1. The summed E-state index contributed by atoms with van der Waals surface area (Å²) < 4.78 is 33.3. The molecule has 8 aromatic rings. The maximum atomic E-state index is 13.5. The van der Waals surface area contributed by atoms with Gasteiger partial charge in [-0.05, 0) is 80.9 Å². The predicted octanol–water partition coefficient (Wildman–Crippen LogP) is 10.7. The monoisotopic (exact) mass is 639 g/mol. The smallest absolute Gasteiger partial charge is 0.158 e. The molecule has 1 aliphatic rings. The molecule has 9 rings (SSSR count). The van der Waals surface area contributed by atoms with Crippen molar-refractivity contribution in [1.29, 1.82) is 0 Å². The Hall–Kier alpha value is -5.78. The highest BCUT2D eigenvalue weighted by Gasteiger charge is 2.25. The van der Waals surface area contributed by atoms with E-state index in [0.29, 0.717) is 0 Å². The first-order valence-corrected chi connectivity index (χ1v) is 17.8. The molecule has 1 aliphatic heterocycles. The zero-order chi connectivity index (χ0) is 32.2. The van der Waals surface area contributed by atoms with Crippen molar-refractivity contribution in [1.82, 2.24) is 4.98 Å². The van der Waals surface area contributed by atoms with Crippen molar-refractivity contribution in [3.63, 3.8) is 0 Å². The molecule has 5 heteroatoms. The highest BCUT2D eigenvalue weighted by atomic mass is 32.2. The van der Waals surface area contributed by atoms with Gasteiger partial charge in [-0.2, -0.15) is 0 Å². The topological polar surface area (TPSA) is 60.2 Å². The molecule has 3 heterocycles. The highest BCUT2D eigenvalue weighted by Crippen LogP contribution is 2.42. The molecule has 0 saturated carbocycles. The minimum Gasteiger partial charge on any atom is -0.456 e. The molecule has 6 aromatic carbocycles. The van der Waals surface area contributed by atoms with Crippen LogP contribution in [0, 0.1) is 0 Å². The van der Waals surface area contributed by atoms with Gasteiger partial charge in [0, 0.05) is 21.9 Å². The van der Waals surface area contributed by atoms with Gasteiger partial charge in [0.1, 0.15) is 11.2 Å². The van der Waals surface area contributed by atoms with E-state index in [1.807, 2.05) is 78.9 Å². The molecule has 0 saturated heterocycles. The van der Waals surface area contributed by atoms with Crippen LogP contribution >= 0.6 is 0 Å². The van der Waals surface area contributed by atoms with Crippen LogP contribution in [-0.4, -0.2) is 13.4 Å². The summed E-state index contributed by atoms with van der Waals surface area (Å²) in [6.45, 7) is 0. The van der Waals surface area contributed by atoms with Gasteiger partial charge in [0.15, 0.2) is 9.84 Å². The van der Waals surface area contributed by atoms with E-state index in [0.717, 1.165) is 89.0 Å². The molecule has 0 atom stereocenters. The van der Waals surface area contributed by atoms with E-state index in [2.05, 4.69) is 72.8 Å². The van der Waals surface area contributed by atoms with Crippen molar-refractivity contribution >= 4 is 31.8 Å². The first-order chi connectivity index (χ1) is 23.5. The van der Waals surface area contributed by atoms with Crippen LogP contribution in [0.3, 0.4) is 0 Å². The standard InChI is InChI=1S/C43H29NO3S/c45-48(46)26-32-19-18-31(36-15-9-17-42-43(36)37-14-7-8-16-41(37)47-42)23-38(32)35-21-20-30(22-34(35)27-48)33-24-39(28-10-3-1-4-11-28)44-40(25-33)29-12-5-2-6-13-29/h1-25H,26-27H2. The molecule has 2 aromatic heterocycles. The van der Waals surface area contributed by atoms with Gasteiger partial charge in [-0.15, -0.1) is 0 Å². The number of sulfone groups is 1. The van der Waals surface area contributed by atoms with Crippen molar-refractivity contribution in [2.75, 3.05) is 0 Å². The predicted molar refractivity (Wildman–Crippen MR) is 195 cm³/mol. The van der Waals surface area contributed by atoms with E-state index >= 15 is 0 Å². The Balaban J connectivity index is 1.21. The number of aromatic nitrogens is 1. The Morgan fingerprint density at radius 2 is 1.10 bits per heavy atom. The van der Waals surface area contributed by atoms with Crippen molar-refractivity contribution in [2.24, 2.45) is 0 Å². The number of furan rings is 1. The van der Waals surface area contributed by atoms with Crippen molar-refractivity contribution in [3.05, 3.63) is 163 Å². The van der Waals surface area contributed by atoms with Crippen LogP contribution in [0.4, 0.5) is 0 Å². The van der Waals surface area contributed by atoms with Gasteiger partial charge in [-0.1, -0.05) is 115 Å². The fourth-order valence-electron chi connectivity index (χ4n) is 7.03. The van der Waals surface area contributed by atoms with Crippen LogP contribution < -0.4 is 0 Å². The lowest BCUT2D eigenvalue weighted by Crippen LogP contribution is -2.05. The molecule has 0 fully saturated rings. The van der Waals surface area contributed by atoms with E-state index in [4.69, 9.17) is 9.40 Å². The number of hydrogen-bond donors (Lipinski definition) is 0. The molecule has 0 aliphatic carbocycles. The van der Waals surface area contributed by atoms with E-state index in [1.54, 1.807) is 0 Å². The summed E-state index contributed by atoms with van der Waals surface area (Å²) in [6, 6.07) is 51.1. The van der Waals surface area contributed by atoms with Gasteiger partial charge >= 0.3 is 0 Å². The van der Waals surface area contributed by atoms with E-state index in [1.165, 1.54) is 0 Å². The molecule has 0 radical (unpaired) electrons. The second-order valence-corrected chi connectivity index (χ2v) is 14.5. The maximum absolute atomic E-state index is 13.5. The largest absolute Gasteiger partial charge is 0.456 e. The van der Waals surface area contributed by atoms with Crippen LogP contribution in [0.5, 0.6) is 0 Å². The van der Waals surface area contributed by atoms with E-state index in [9.17, 15) is 8.42 Å². The Kier molecular flexibility index (Phi) is 6.63. The van der Waals surface area contributed by atoms with Crippen LogP contribution in [-0.2, 0) is 21.3 Å². The highest BCUT2D eigenvalue weighted by molar-refractivity contribution is 7.89. The fraction of sp³-hybridized carbons (Fsp3) is 0.0465. The van der Waals surface area contributed by atoms with Gasteiger partial charge in [0.2, 0.25) is 0 Å². The molecule has 0 unspecified atom stereocenters. The third-order valence-corrected chi connectivity index (χ3v) is 10.8. The van der Waals surface area contributed by atoms with Crippen LogP contribution in [0.15, 0.2) is 156 Å². The summed E-state index contributed by atoms with van der Waals surface area (Å²) >= 11 is 0. The van der Waals surface area contributed by atoms with E-state index < -0.39 is 9.84 Å². The Labute approximate surface area is 278 Å².